The van der Waals surface area contributed by atoms with Crippen molar-refractivity contribution in [1.29, 1.82) is 0 Å². The molecule has 0 N–H and O–H groups in total. The molecular weight excluding hydrogens is 913 g/mol. The second-order valence-corrected chi connectivity index (χ2v) is 22.4. The first-order valence-electron chi connectivity index (χ1n) is 33.0. The predicted octanol–water partition coefficient (Wildman–Crippen LogP) is 22.4. The van der Waals surface area contributed by atoms with Crippen molar-refractivity contribution < 1.29 is 28.6 Å². The summed E-state index contributed by atoms with van der Waals surface area (Å²) in [6, 6.07) is 0. The summed E-state index contributed by atoms with van der Waals surface area (Å²) in [7, 11) is 0. The summed E-state index contributed by atoms with van der Waals surface area (Å²) in [5.74, 6) is -0.848. The van der Waals surface area contributed by atoms with Crippen molar-refractivity contribution in [3.8, 4) is 0 Å². The van der Waals surface area contributed by atoms with Crippen LogP contribution in [0, 0.1) is 0 Å². The van der Waals surface area contributed by atoms with Gasteiger partial charge in [0.25, 0.3) is 0 Å². The number of unbranched alkanes of at least 4 members (excludes halogenated alkanes) is 44. The predicted molar refractivity (Wildman–Crippen MR) is 321 cm³/mol. The standard InChI is InChI=1S/C68H126O6/c1-4-7-10-13-16-19-22-24-26-28-30-32-33-34-35-37-38-40-42-44-46-49-52-55-58-61-67(70)73-64-65(63-72-66(69)60-57-54-51-48-21-18-15-12-9-6-3)74-68(71)62-59-56-53-50-47-45-43-41-39-36-31-29-27-25-23-20-17-14-11-8-5-2/h22,24,28,30,33-34,65H,4-21,23,25-27,29,31-32,35-64H2,1-3H3/b24-22-,30-28-,34-33-. The minimum Gasteiger partial charge on any atom is -0.462 e. The van der Waals surface area contributed by atoms with Gasteiger partial charge in [0.2, 0.25) is 0 Å². The summed E-state index contributed by atoms with van der Waals surface area (Å²) in [6.07, 6.45) is 77.3. The highest BCUT2D eigenvalue weighted by Gasteiger charge is 2.19. The van der Waals surface area contributed by atoms with Gasteiger partial charge in [-0.25, -0.2) is 0 Å². The molecule has 1 unspecified atom stereocenters. The van der Waals surface area contributed by atoms with E-state index in [9.17, 15) is 14.4 Å². The second kappa shape index (κ2) is 63.2. The van der Waals surface area contributed by atoms with Gasteiger partial charge in [-0.05, 0) is 57.8 Å². The molecule has 0 aromatic carbocycles. The zero-order chi connectivity index (χ0) is 53.6. The van der Waals surface area contributed by atoms with Crippen LogP contribution in [0.4, 0.5) is 0 Å². The smallest absolute Gasteiger partial charge is 0.306 e. The topological polar surface area (TPSA) is 78.9 Å². The van der Waals surface area contributed by atoms with Crippen LogP contribution in [0.15, 0.2) is 36.5 Å². The molecule has 0 bridgehead atoms. The Morgan fingerprint density at radius 2 is 0.486 bits per heavy atom. The fourth-order valence-electron chi connectivity index (χ4n) is 9.92. The molecule has 0 aliphatic carbocycles. The quantitative estimate of drug-likeness (QED) is 0.0261. The lowest BCUT2D eigenvalue weighted by Crippen LogP contribution is -2.30. The minimum atomic E-state index is -0.769. The van der Waals surface area contributed by atoms with Crippen LogP contribution >= 0.6 is 0 Å². The van der Waals surface area contributed by atoms with Gasteiger partial charge in [-0.15, -0.1) is 0 Å². The van der Waals surface area contributed by atoms with Crippen LogP contribution in [-0.4, -0.2) is 37.2 Å². The first-order valence-corrected chi connectivity index (χ1v) is 33.0. The van der Waals surface area contributed by atoms with Crippen molar-refractivity contribution in [1.82, 2.24) is 0 Å². The van der Waals surface area contributed by atoms with Gasteiger partial charge in [0, 0.05) is 19.3 Å². The highest BCUT2D eigenvalue weighted by molar-refractivity contribution is 5.71. The molecule has 0 spiro atoms. The third-order valence-corrected chi connectivity index (χ3v) is 14.9. The molecule has 1 atom stereocenters. The van der Waals surface area contributed by atoms with E-state index in [0.29, 0.717) is 19.3 Å². The summed E-state index contributed by atoms with van der Waals surface area (Å²) < 4.78 is 16.9. The molecule has 0 saturated heterocycles. The summed E-state index contributed by atoms with van der Waals surface area (Å²) in [4.78, 5) is 38.2. The van der Waals surface area contributed by atoms with Crippen LogP contribution in [0.25, 0.3) is 0 Å². The van der Waals surface area contributed by atoms with Gasteiger partial charge in [0.15, 0.2) is 6.10 Å². The molecule has 0 fully saturated rings. The van der Waals surface area contributed by atoms with E-state index >= 15 is 0 Å². The Kier molecular flexibility index (Phi) is 61.1. The highest BCUT2D eigenvalue weighted by atomic mass is 16.6. The summed E-state index contributed by atoms with van der Waals surface area (Å²) >= 11 is 0. The lowest BCUT2D eigenvalue weighted by molar-refractivity contribution is -0.167. The Hall–Kier alpha value is -2.37. The van der Waals surface area contributed by atoms with Crippen molar-refractivity contribution in [2.24, 2.45) is 0 Å². The SMILES string of the molecule is CCCCCCC/C=C\C/C=C\C/C=C\CCCCCCCCCCCCC(=O)OCC(COC(=O)CCCCCCCCCCCC)OC(=O)CCCCCCCCCCCCCCCCCCCCCCC. The van der Waals surface area contributed by atoms with E-state index in [-0.39, 0.29) is 31.1 Å². The van der Waals surface area contributed by atoms with E-state index in [2.05, 4.69) is 57.2 Å². The molecule has 0 amide bonds. The molecule has 0 aromatic rings. The molecule has 74 heavy (non-hydrogen) atoms. The van der Waals surface area contributed by atoms with Crippen molar-refractivity contribution in [3.63, 3.8) is 0 Å². The lowest BCUT2D eigenvalue weighted by Gasteiger charge is -2.18. The average molecular weight is 1040 g/mol. The van der Waals surface area contributed by atoms with Gasteiger partial charge in [-0.2, -0.15) is 0 Å². The average Bonchev–Trinajstić information content (AvgIpc) is 3.40. The summed E-state index contributed by atoms with van der Waals surface area (Å²) in [5, 5.41) is 0. The van der Waals surface area contributed by atoms with E-state index in [1.807, 2.05) is 0 Å². The highest BCUT2D eigenvalue weighted by Crippen LogP contribution is 2.18. The number of carbonyl (C=O) groups is 3. The van der Waals surface area contributed by atoms with E-state index in [1.54, 1.807) is 0 Å². The number of esters is 3. The van der Waals surface area contributed by atoms with Crippen molar-refractivity contribution in [3.05, 3.63) is 36.5 Å². The normalized spacial score (nSPS) is 12.2. The summed E-state index contributed by atoms with van der Waals surface area (Å²) in [6.45, 7) is 6.68. The maximum Gasteiger partial charge on any atom is 0.306 e. The Morgan fingerprint density at radius 3 is 0.757 bits per heavy atom. The molecule has 0 aliphatic heterocycles. The molecule has 6 nitrogen and oxygen atoms in total. The van der Waals surface area contributed by atoms with Crippen LogP contribution < -0.4 is 0 Å². The number of carbonyl (C=O) groups excluding carboxylic acids is 3. The zero-order valence-electron chi connectivity index (χ0n) is 49.9. The molecule has 0 aromatic heterocycles. The molecule has 0 saturated carbocycles. The van der Waals surface area contributed by atoms with Gasteiger partial charge >= 0.3 is 17.9 Å². The molecule has 0 rings (SSSR count). The van der Waals surface area contributed by atoms with Crippen LogP contribution in [0.5, 0.6) is 0 Å². The largest absolute Gasteiger partial charge is 0.462 e. The number of rotatable bonds is 61. The van der Waals surface area contributed by atoms with E-state index in [1.165, 1.54) is 250 Å². The molecule has 0 radical (unpaired) electrons. The first kappa shape index (κ1) is 71.6. The third kappa shape index (κ3) is 60.5. The Morgan fingerprint density at radius 1 is 0.270 bits per heavy atom. The first-order chi connectivity index (χ1) is 36.5. The number of ether oxygens (including phenoxy) is 3. The number of hydrogen-bond donors (Lipinski definition) is 0. The van der Waals surface area contributed by atoms with Crippen molar-refractivity contribution >= 4 is 17.9 Å². The zero-order valence-corrected chi connectivity index (χ0v) is 49.9. The Bertz CT molecular complexity index is 1240. The van der Waals surface area contributed by atoms with Crippen LogP contribution in [0.3, 0.4) is 0 Å². The van der Waals surface area contributed by atoms with Crippen LogP contribution in [0.1, 0.15) is 361 Å². The van der Waals surface area contributed by atoms with Crippen LogP contribution in [-0.2, 0) is 28.6 Å². The van der Waals surface area contributed by atoms with E-state index in [4.69, 9.17) is 14.2 Å². The van der Waals surface area contributed by atoms with Gasteiger partial charge in [0.05, 0.1) is 0 Å². The van der Waals surface area contributed by atoms with Gasteiger partial charge in [-0.3, -0.25) is 14.4 Å². The van der Waals surface area contributed by atoms with Gasteiger partial charge in [0.1, 0.15) is 13.2 Å². The summed E-state index contributed by atoms with van der Waals surface area (Å²) in [5.41, 5.74) is 0. The third-order valence-electron chi connectivity index (χ3n) is 14.9. The molecule has 0 heterocycles. The molecule has 434 valence electrons. The second-order valence-electron chi connectivity index (χ2n) is 22.4. The van der Waals surface area contributed by atoms with Crippen molar-refractivity contribution in [2.45, 2.75) is 367 Å². The Labute approximate surface area is 461 Å². The molecule has 6 heteroatoms. The van der Waals surface area contributed by atoms with Gasteiger partial charge < -0.3 is 14.2 Å². The number of hydrogen-bond acceptors (Lipinski definition) is 6. The maximum atomic E-state index is 12.9. The van der Waals surface area contributed by atoms with Gasteiger partial charge in [-0.1, -0.05) is 320 Å². The molecule has 0 aliphatic rings. The fourth-order valence-corrected chi connectivity index (χ4v) is 9.92. The van der Waals surface area contributed by atoms with Crippen molar-refractivity contribution in [2.75, 3.05) is 13.2 Å². The van der Waals surface area contributed by atoms with E-state index < -0.39 is 6.10 Å². The van der Waals surface area contributed by atoms with E-state index in [0.717, 1.165) is 70.6 Å². The molecular formula is C68H126O6. The maximum absolute atomic E-state index is 12.9. The fraction of sp³-hybridized carbons (Fsp3) is 0.868. The minimum absolute atomic E-state index is 0.0678. The lowest BCUT2D eigenvalue weighted by atomic mass is 10.0. The monoisotopic (exact) mass is 1040 g/mol. The van der Waals surface area contributed by atoms with Crippen LogP contribution in [0.2, 0.25) is 0 Å². The number of allylic oxidation sites excluding steroid dienone is 6. The Balaban J connectivity index is 4.20.